The standard InChI is InChI=1S/C13H16BrNO4S/c1-13(2,3)20(18)15-11(12(16)17)9-7-8(14)5-6-10(9)19-4/h5-7H,1-4H3,(H,16,17)/b15-11+. The highest BCUT2D eigenvalue weighted by molar-refractivity contribution is 9.10. The first-order valence-electron chi connectivity index (χ1n) is 5.74. The van der Waals surface area contributed by atoms with E-state index in [0.717, 1.165) is 0 Å². The van der Waals surface area contributed by atoms with Gasteiger partial charge in [-0.1, -0.05) is 20.3 Å². The van der Waals surface area contributed by atoms with Crippen molar-refractivity contribution in [1.82, 2.24) is 0 Å². The maximum absolute atomic E-state index is 12.0. The molecular weight excluding hydrogens is 346 g/mol. The lowest BCUT2D eigenvalue weighted by Crippen LogP contribution is -2.29. The average molecular weight is 362 g/mol. The van der Waals surface area contributed by atoms with Gasteiger partial charge in [0.1, 0.15) is 21.9 Å². The van der Waals surface area contributed by atoms with Gasteiger partial charge < -0.3 is 14.4 Å². The van der Waals surface area contributed by atoms with E-state index in [-0.39, 0.29) is 11.3 Å². The molecule has 0 spiro atoms. The van der Waals surface area contributed by atoms with Gasteiger partial charge in [-0.3, -0.25) is 0 Å². The van der Waals surface area contributed by atoms with Crippen molar-refractivity contribution in [2.45, 2.75) is 25.5 Å². The van der Waals surface area contributed by atoms with Gasteiger partial charge in [0.2, 0.25) is 5.71 Å². The van der Waals surface area contributed by atoms with Gasteiger partial charge in [0.05, 0.1) is 12.7 Å². The quantitative estimate of drug-likeness (QED) is 0.660. The molecule has 1 unspecified atom stereocenters. The average Bonchev–Trinajstić information content (AvgIpc) is 2.33. The van der Waals surface area contributed by atoms with Crippen LogP contribution in [0.5, 0.6) is 5.75 Å². The first kappa shape index (κ1) is 17.0. The Morgan fingerprint density at radius 2 is 2.05 bits per heavy atom. The summed E-state index contributed by atoms with van der Waals surface area (Å²) in [6.07, 6.45) is 0. The lowest BCUT2D eigenvalue weighted by molar-refractivity contribution is -0.129. The van der Waals surface area contributed by atoms with E-state index in [1.54, 1.807) is 39.0 Å². The molecule has 5 nitrogen and oxygen atoms in total. The maximum Gasteiger partial charge on any atom is 0.359 e. The fourth-order valence-electron chi connectivity index (χ4n) is 1.29. The summed E-state index contributed by atoms with van der Waals surface area (Å²) in [4.78, 5) is 11.4. The summed E-state index contributed by atoms with van der Waals surface area (Å²) < 4.78 is 21.1. The van der Waals surface area contributed by atoms with Gasteiger partial charge in [0.25, 0.3) is 0 Å². The molecule has 0 amide bonds. The third kappa shape index (κ3) is 4.22. The third-order valence-corrected chi connectivity index (χ3v) is 4.21. The molecule has 0 aromatic heterocycles. The van der Waals surface area contributed by atoms with Crippen LogP contribution in [0.4, 0.5) is 0 Å². The van der Waals surface area contributed by atoms with Crippen LogP contribution in [0.1, 0.15) is 26.3 Å². The molecule has 0 aliphatic carbocycles. The number of hydrogen-bond donors (Lipinski definition) is 1. The number of halogens is 1. The Bertz CT molecular complexity index is 540. The monoisotopic (exact) mass is 361 g/mol. The van der Waals surface area contributed by atoms with Crippen LogP contribution in [-0.2, 0) is 16.2 Å². The minimum absolute atomic E-state index is 0.281. The minimum Gasteiger partial charge on any atom is -0.591 e. The van der Waals surface area contributed by atoms with Gasteiger partial charge in [0, 0.05) is 4.47 Å². The van der Waals surface area contributed by atoms with E-state index in [9.17, 15) is 14.5 Å². The zero-order valence-corrected chi connectivity index (χ0v) is 14.0. The lowest BCUT2D eigenvalue weighted by Gasteiger charge is -2.19. The molecule has 1 aromatic carbocycles. The predicted octanol–water partition coefficient (Wildman–Crippen LogP) is 2.79. The molecule has 0 fully saturated rings. The van der Waals surface area contributed by atoms with E-state index >= 15 is 0 Å². The van der Waals surface area contributed by atoms with Crippen molar-refractivity contribution >= 4 is 39.0 Å². The minimum atomic E-state index is -1.67. The molecule has 0 radical (unpaired) electrons. The molecule has 7 heteroatoms. The van der Waals surface area contributed by atoms with Gasteiger partial charge in [0.15, 0.2) is 0 Å². The van der Waals surface area contributed by atoms with Crippen molar-refractivity contribution in [1.29, 1.82) is 0 Å². The van der Waals surface area contributed by atoms with E-state index < -0.39 is 22.1 Å². The van der Waals surface area contributed by atoms with Crippen molar-refractivity contribution in [2.75, 3.05) is 7.11 Å². The normalized spacial score (nSPS) is 14.0. The fraction of sp³-hybridized carbons (Fsp3) is 0.385. The van der Waals surface area contributed by atoms with Crippen LogP contribution >= 0.6 is 15.9 Å². The summed E-state index contributed by atoms with van der Waals surface area (Å²) in [5.41, 5.74) is 0.00313. The zero-order chi connectivity index (χ0) is 15.5. The second kappa shape index (κ2) is 6.60. The molecule has 1 rings (SSSR count). The molecule has 0 saturated heterocycles. The molecule has 0 bridgehead atoms. The van der Waals surface area contributed by atoms with E-state index in [1.165, 1.54) is 7.11 Å². The number of methoxy groups -OCH3 is 1. The van der Waals surface area contributed by atoms with Crippen LogP contribution in [0.15, 0.2) is 27.1 Å². The third-order valence-electron chi connectivity index (χ3n) is 2.32. The van der Waals surface area contributed by atoms with E-state index in [2.05, 4.69) is 20.3 Å². The number of nitrogens with zero attached hydrogens (tertiary/aromatic N) is 1. The van der Waals surface area contributed by atoms with Crippen molar-refractivity contribution in [2.24, 2.45) is 4.40 Å². The number of rotatable bonds is 4. The van der Waals surface area contributed by atoms with Crippen molar-refractivity contribution in [3.8, 4) is 5.75 Å². The van der Waals surface area contributed by atoms with Gasteiger partial charge in [-0.05, 0) is 39.0 Å². The number of carbonyl (C=O) groups is 1. The topological polar surface area (TPSA) is 82.0 Å². The first-order chi connectivity index (χ1) is 9.16. The first-order valence-corrected chi connectivity index (χ1v) is 7.64. The Morgan fingerprint density at radius 3 is 2.50 bits per heavy atom. The molecule has 0 aliphatic rings. The summed E-state index contributed by atoms with van der Waals surface area (Å²) in [6, 6.07) is 4.92. The summed E-state index contributed by atoms with van der Waals surface area (Å²) >= 11 is 1.60. The summed E-state index contributed by atoms with van der Waals surface area (Å²) in [6.45, 7) is 5.18. The summed E-state index contributed by atoms with van der Waals surface area (Å²) in [5, 5.41) is 9.32. The largest absolute Gasteiger partial charge is 0.591 e. The Labute approximate surface area is 129 Å². The van der Waals surface area contributed by atoms with E-state index in [1.807, 2.05) is 0 Å². The molecule has 0 aliphatic heterocycles. The molecule has 1 aromatic rings. The highest BCUT2D eigenvalue weighted by Crippen LogP contribution is 2.26. The molecule has 0 heterocycles. The number of benzene rings is 1. The smallest absolute Gasteiger partial charge is 0.359 e. The lowest BCUT2D eigenvalue weighted by atomic mass is 10.1. The molecular formula is C13H16BrNO4S. The van der Waals surface area contributed by atoms with Gasteiger partial charge in [-0.2, -0.15) is 0 Å². The zero-order valence-electron chi connectivity index (χ0n) is 11.6. The van der Waals surface area contributed by atoms with Crippen LogP contribution in [0.3, 0.4) is 0 Å². The maximum atomic E-state index is 12.0. The van der Waals surface area contributed by atoms with Crippen LogP contribution < -0.4 is 4.74 Å². The van der Waals surface area contributed by atoms with E-state index in [4.69, 9.17) is 4.74 Å². The molecule has 20 heavy (non-hydrogen) atoms. The number of hydrogen-bond acceptors (Lipinski definition) is 4. The van der Waals surface area contributed by atoms with Crippen molar-refractivity contribution in [3.05, 3.63) is 28.2 Å². The van der Waals surface area contributed by atoms with Crippen LogP contribution in [0, 0.1) is 0 Å². The highest BCUT2D eigenvalue weighted by Gasteiger charge is 2.30. The Kier molecular flexibility index (Phi) is 5.61. The van der Waals surface area contributed by atoms with Crippen LogP contribution in [0.25, 0.3) is 0 Å². The molecule has 0 saturated carbocycles. The second-order valence-corrected chi connectivity index (χ2v) is 7.77. The SMILES string of the molecule is COc1ccc(Br)cc1/C(=N\[S+]([O-])C(C)(C)C)C(=O)O. The molecule has 1 atom stereocenters. The van der Waals surface area contributed by atoms with Crippen molar-refractivity contribution in [3.63, 3.8) is 0 Å². The van der Waals surface area contributed by atoms with Crippen LogP contribution in [0.2, 0.25) is 0 Å². The number of aliphatic carboxylic acids is 1. The summed E-state index contributed by atoms with van der Waals surface area (Å²) in [5.74, 6) is -0.890. The fourth-order valence-corrected chi connectivity index (χ4v) is 2.27. The number of carboxylic acid groups (broad SMARTS) is 1. The Morgan fingerprint density at radius 1 is 1.45 bits per heavy atom. The highest BCUT2D eigenvalue weighted by atomic mass is 79.9. The molecule has 1 N–H and O–H groups in total. The Balaban J connectivity index is 3.39. The second-order valence-electron chi connectivity index (χ2n) is 4.95. The number of ether oxygens (including phenoxy) is 1. The van der Waals surface area contributed by atoms with Gasteiger partial charge in [-0.25, -0.2) is 4.79 Å². The Hall–Kier alpha value is -1.05. The molecule has 110 valence electrons. The summed E-state index contributed by atoms with van der Waals surface area (Å²) in [7, 11) is 1.44. The van der Waals surface area contributed by atoms with Gasteiger partial charge >= 0.3 is 5.97 Å². The van der Waals surface area contributed by atoms with Crippen LogP contribution in [-0.4, -0.2) is 33.2 Å². The van der Waals surface area contributed by atoms with E-state index in [0.29, 0.717) is 10.2 Å². The number of carboxylic acids is 1. The predicted molar refractivity (Wildman–Crippen MR) is 82.8 cm³/mol. The van der Waals surface area contributed by atoms with Crippen molar-refractivity contribution < 1.29 is 19.2 Å². The van der Waals surface area contributed by atoms with Gasteiger partial charge in [-0.15, -0.1) is 0 Å².